The third-order valence-corrected chi connectivity index (χ3v) is 22.9. The van der Waals surface area contributed by atoms with E-state index in [-0.39, 0.29) is 0 Å². The molecule has 0 fully saturated rings. The van der Waals surface area contributed by atoms with Gasteiger partial charge in [0.1, 0.15) is 0 Å². The molecular formula is C122H86N4. The summed E-state index contributed by atoms with van der Waals surface area (Å²) in [5.74, 6) is 0. The summed E-state index contributed by atoms with van der Waals surface area (Å²) >= 11 is 0. The van der Waals surface area contributed by atoms with Crippen molar-refractivity contribution in [2.24, 2.45) is 0 Å². The van der Waals surface area contributed by atoms with Crippen molar-refractivity contribution < 1.29 is 0 Å². The lowest BCUT2D eigenvalue weighted by molar-refractivity contribution is 1.31. The highest BCUT2D eigenvalue weighted by atomic mass is 14.7. The molecule has 0 radical (unpaired) electrons. The first kappa shape index (κ1) is 79.1. The van der Waals surface area contributed by atoms with E-state index in [1.54, 1.807) is 0 Å². The van der Waals surface area contributed by atoms with E-state index in [9.17, 15) is 0 Å². The number of aromatic nitrogens is 4. The van der Waals surface area contributed by atoms with Gasteiger partial charge in [-0.1, -0.05) is 455 Å². The average molecular weight is 1610 g/mol. The van der Waals surface area contributed by atoms with Gasteiger partial charge in [0.05, 0.1) is 45.6 Å². The summed E-state index contributed by atoms with van der Waals surface area (Å²) in [7, 11) is 0. The van der Waals surface area contributed by atoms with Gasteiger partial charge in [0, 0.05) is 44.5 Å². The Kier molecular flexibility index (Phi) is 23.8. The van der Waals surface area contributed by atoms with E-state index in [0.717, 1.165) is 123 Å². The largest absolute Gasteiger partial charge is 0.248 e. The van der Waals surface area contributed by atoms with Crippen LogP contribution >= 0.6 is 0 Å². The van der Waals surface area contributed by atoms with Gasteiger partial charge in [-0.2, -0.15) is 0 Å². The van der Waals surface area contributed by atoms with Crippen LogP contribution < -0.4 is 0 Å². The summed E-state index contributed by atoms with van der Waals surface area (Å²) < 4.78 is 0. The Morgan fingerprint density at radius 3 is 0.357 bits per heavy atom. The van der Waals surface area contributed by atoms with Crippen molar-refractivity contribution in [1.82, 2.24) is 19.9 Å². The minimum absolute atomic E-state index is 0.913. The van der Waals surface area contributed by atoms with E-state index in [4.69, 9.17) is 19.9 Å². The third-order valence-electron chi connectivity index (χ3n) is 22.9. The lowest BCUT2D eigenvalue weighted by atomic mass is 9.96. The topological polar surface area (TPSA) is 51.6 Å². The molecule has 21 rings (SSSR count). The van der Waals surface area contributed by atoms with E-state index in [1.165, 1.54) is 77.9 Å². The highest BCUT2D eigenvalue weighted by Crippen LogP contribution is 2.40. The zero-order chi connectivity index (χ0) is 84.4. The SMILES string of the molecule is c1ccc(-c2ccc(-c3cc(-c4cccc(-c5ccccc5)c4)nc(-c4cccc(-c5ccccc5)c4)c3)cc2)cc1.c1ccc(-c2ccc(-c3cc(-c4ccccc4)nc(-c4cccc(-c5cc(-c6ccc(-c7ccccc7)cc6)cc(-c6ccccc6)n5)c4)c3)cc2)cc1.c1ccc(-c2ccc(-c3cc(-c4ccccc4)nc(-c4ccccc4)c3)cc2)cc1. The molecule has 0 amide bonds. The van der Waals surface area contributed by atoms with Crippen LogP contribution in [0.4, 0.5) is 0 Å². The first-order valence-electron chi connectivity index (χ1n) is 42.8. The van der Waals surface area contributed by atoms with Crippen LogP contribution in [0, 0.1) is 0 Å². The summed E-state index contributed by atoms with van der Waals surface area (Å²) in [5, 5.41) is 0. The molecule has 4 heterocycles. The molecule has 0 aliphatic carbocycles. The fourth-order valence-corrected chi connectivity index (χ4v) is 16.2. The van der Waals surface area contributed by atoms with Gasteiger partial charge in [-0.3, -0.25) is 0 Å². The second-order valence-corrected chi connectivity index (χ2v) is 31.2. The molecule has 0 aliphatic rings. The monoisotopic (exact) mass is 1610 g/mol. The molecular weight excluding hydrogens is 1520 g/mol. The predicted molar refractivity (Wildman–Crippen MR) is 528 cm³/mol. The Bertz CT molecular complexity index is 6840. The maximum atomic E-state index is 5.24. The smallest absolute Gasteiger partial charge is 0.0715 e. The van der Waals surface area contributed by atoms with Gasteiger partial charge >= 0.3 is 0 Å². The minimum Gasteiger partial charge on any atom is -0.248 e. The van der Waals surface area contributed by atoms with Gasteiger partial charge in [-0.15, -0.1) is 0 Å². The van der Waals surface area contributed by atoms with E-state index < -0.39 is 0 Å². The standard InChI is InChI=1S/C52H36N2.C41H29N.C29H21N/c1-5-14-37(15-6-1)39-24-28-41(29-25-39)47-33-49(43-18-9-3-10-19-43)53-51(35-47)45-22-13-23-46(32-45)52-36-48(34-50(54-52)44-20-11-4-12-21-44)42-30-26-40(27-31-42)38-16-7-2-8-17-38;1-4-12-30(13-5-1)33-22-24-34(25-23-33)39-28-40(37-20-10-18-35(26-37)31-14-6-2-7-15-31)42-41(29-39)38-21-11-19-36(27-38)32-16-8-3-9-17-32;1-4-10-22(11-5-1)23-16-18-24(19-17-23)27-20-28(25-12-6-2-7-13-25)30-29(21-27)26-14-8-3-9-15-26/h1-36H;1-29H;1-21H. The Morgan fingerprint density at radius 1 is 0.0714 bits per heavy atom. The Labute approximate surface area is 737 Å². The molecule has 0 atom stereocenters. The number of hydrogen-bond acceptors (Lipinski definition) is 4. The fourth-order valence-electron chi connectivity index (χ4n) is 16.2. The molecule has 0 bridgehead atoms. The predicted octanol–water partition coefficient (Wildman–Crippen LogP) is 32.6. The van der Waals surface area contributed by atoms with Crippen LogP contribution in [0.1, 0.15) is 0 Å². The van der Waals surface area contributed by atoms with Crippen LogP contribution in [0.3, 0.4) is 0 Å². The summed E-state index contributed by atoms with van der Waals surface area (Å²) in [6.07, 6.45) is 0. The lowest BCUT2D eigenvalue weighted by Gasteiger charge is -2.13. The molecule has 17 aromatic carbocycles. The molecule has 4 nitrogen and oxygen atoms in total. The zero-order valence-corrected chi connectivity index (χ0v) is 69.4. The Balaban J connectivity index is 0.000000129. The van der Waals surface area contributed by atoms with Crippen LogP contribution in [-0.4, -0.2) is 19.9 Å². The van der Waals surface area contributed by atoms with Crippen LogP contribution in [-0.2, 0) is 0 Å². The molecule has 0 saturated carbocycles. The minimum atomic E-state index is 0.913. The maximum Gasteiger partial charge on any atom is 0.0715 e. The summed E-state index contributed by atoms with van der Waals surface area (Å²) in [6.45, 7) is 0. The summed E-state index contributed by atoms with van der Waals surface area (Å²) in [5.41, 5.74) is 39.9. The quantitative estimate of drug-likeness (QED) is 0.0859. The van der Waals surface area contributed by atoms with Crippen molar-refractivity contribution in [2.75, 3.05) is 0 Å². The van der Waals surface area contributed by atoms with E-state index in [1.807, 2.05) is 30.3 Å². The normalized spacial score (nSPS) is 10.9. The highest BCUT2D eigenvalue weighted by molar-refractivity contribution is 5.86. The lowest BCUT2D eigenvalue weighted by Crippen LogP contribution is -1.93. The summed E-state index contributed by atoms with van der Waals surface area (Å²) in [4.78, 5) is 20.7. The van der Waals surface area contributed by atoms with Crippen LogP contribution in [0.15, 0.2) is 522 Å². The zero-order valence-electron chi connectivity index (χ0n) is 69.4. The first-order chi connectivity index (χ1) is 62.4. The van der Waals surface area contributed by atoms with Gasteiger partial charge < -0.3 is 0 Å². The van der Waals surface area contributed by atoms with Crippen LogP contribution in [0.2, 0.25) is 0 Å². The van der Waals surface area contributed by atoms with Crippen molar-refractivity contribution in [1.29, 1.82) is 0 Å². The number of rotatable bonds is 18. The number of benzene rings is 17. The molecule has 4 aromatic heterocycles. The van der Waals surface area contributed by atoms with Crippen molar-refractivity contribution in [3.8, 4) is 201 Å². The molecule has 4 heteroatoms. The molecule has 0 spiro atoms. The molecule has 594 valence electrons. The maximum absolute atomic E-state index is 5.24. The van der Waals surface area contributed by atoms with E-state index >= 15 is 0 Å². The Hall–Kier alpha value is -16.7. The van der Waals surface area contributed by atoms with Gasteiger partial charge in [0.2, 0.25) is 0 Å². The van der Waals surface area contributed by atoms with Crippen molar-refractivity contribution in [2.45, 2.75) is 0 Å². The van der Waals surface area contributed by atoms with Gasteiger partial charge in [0.25, 0.3) is 0 Å². The molecule has 0 unspecified atom stereocenters. The van der Waals surface area contributed by atoms with Crippen molar-refractivity contribution in [3.05, 3.63) is 522 Å². The number of hydrogen-bond donors (Lipinski definition) is 0. The fraction of sp³-hybridized carbons (Fsp3) is 0. The van der Waals surface area contributed by atoms with Gasteiger partial charge in [0.15, 0.2) is 0 Å². The third kappa shape index (κ3) is 18.9. The molecule has 0 aliphatic heterocycles. The van der Waals surface area contributed by atoms with Crippen LogP contribution in [0.5, 0.6) is 0 Å². The number of nitrogens with zero attached hydrogens (tertiary/aromatic N) is 4. The number of pyridine rings is 4. The highest BCUT2D eigenvalue weighted by Gasteiger charge is 2.18. The molecule has 21 aromatic rings. The van der Waals surface area contributed by atoms with Crippen molar-refractivity contribution >= 4 is 0 Å². The molecule has 0 saturated heterocycles. The molecule has 0 N–H and O–H groups in total. The second kappa shape index (κ2) is 38.0. The Morgan fingerprint density at radius 2 is 0.183 bits per heavy atom. The molecule has 126 heavy (non-hydrogen) atoms. The van der Waals surface area contributed by atoms with E-state index in [2.05, 4.69) is 491 Å². The van der Waals surface area contributed by atoms with Gasteiger partial charge in [-0.05, 0) is 178 Å². The van der Waals surface area contributed by atoms with E-state index in [0.29, 0.717) is 0 Å². The average Bonchev–Trinajstić information content (AvgIpc) is 0.793. The van der Waals surface area contributed by atoms with Crippen molar-refractivity contribution in [3.63, 3.8) is 0 Å². The second-order valence-electron chi connectivity index (χ2n) is 31.2. The van der Waals surface area contributed by atoms with Gasteiger partial charge in [-0.25, -0.2) is 19.9 Å². The first-order valence-corrected chi connectivity index (χ1v) is 42.8. The van der Waals surface area contributed by atoms with Crippen LogP contribution in [0.25, 0.3) is 201 Å². The summed E-state index contributed by atoms with van der Waals surface area (Å²) in [6, 6.07) is 183.